The predicted molar refractivity (Wildman–Crippen MR) is 104 cm³/mol. The number of ether oxygens (including phenoxy) is 1. The molecule has 1 atom stereocenters. The van der Waals surface area contributed by atoms with Crippen LogP contribution in [0.3, 0.4) is 0 Å². The van der Waals surface area contributed by atoms with E-state index in [0.717, 1.165) is 0 Å². The van der Waals surface area contributed by atoms with Crippen LogP contribution in [0.25, 0.3) is 6.08 Å². The summed E-state index contributed by atoms with van der Waals surface area (Å²) in [5.41, 5.74) is 1.03. The van der Waals surface area contributed by atoms with Crippen molar-refractivity contribution in [2.24, 2.45) is 0 Å². The van der Waals surface area contributed by atoms with Crippen molar-refractivity contribution in [3.05, 3.63) is 65.7 Å². The second-order valence-corrected chi connectivity index (χ2v) is 6.33. The molecule has 1 fully saturated rings. The summed E-state index contributed by atoms with van der Waals surface area (Å²) < 4.78 is 5.20. The zero-order valence-electron chi connectivity index (χ0n) is 14.7. The van der Waals surface area contributed by atoms with Gasteiger partial charge in [0.15, 0.2) is 5.11 Å². The molecule has 7 nitrogen and oxygen atoms in total. The number of amides is 2. The number of hydrogen-bond donors (Lipinski definition) is 1. The van der Waals surface area contributed by atoms with E-state index in [1.807, 2.05) is 0 Å². The van der Waals surface area contributed by atoms with Crippen LogP contribution in [0.5, 0.6) is 5.75 Å². The van der Waals surface area contributed by atoms with Gasteiger partial charge in [0.05, 0.1) is 11.7 Å². The van der Waals surface area contributed by atoms with Gasteiger partial charge in [0.2, 0.25) is 0 Å². The van der Waals surface area contributed by atoms with Gasteiger partial charge in [-0.3, -0.25) is 19.8 Å². The van der Waals surface area contributed by atoms with Gasteiger partial charge in [0, 0.05) is 0 Å². The Morgan fingerprint density at radius 2 is 1.79 bits per heavy atom. The summed E-state index contributed by atoms with van der Waals surface area (Å²) in [6.07, 6.45) is 0.330. The number of nitrogens with one attached hydrogen (secondary N) is 1. The molecule has 2 amide bonds. The topological polar surface area (TPSA) is 98.8 Å². The highest BCUT2D eigenvalue weighted by Crippen LogP contribution is 2.22. The molecule has 2 aromatic rings. The molecule has 2 aromatic carbocycles. The van der Waals surface area contributed by atoms with E-state index in [-0.39, 0.29) is 10.7 Å². The monoisotopic (exact) mass is 395 g/mol. The van der Waals surface area contributed by atoms with E-state index >= 15 is 0 Å². The zero-order valence-corrected chi connectivity index (χ0v) is 15.6. The van der Waals surface area contributed by atoms with Crippen molar-refractivity contribution in [2.75, 3.05) is 4.90 Å². The Kier molecular flexibility index (Phi) is 5.51. The second kappa shape index (κ2) is 8.01. The van der Waals surface area contributed by atoms with Gasteiger partial charge < -0.3 is 14.6 Å². The number of rotatable bonds is 5. The number of carbonyl (C=O) groups excluding carboxylic acids is 3. The largest absolute Gasteiger partial charge is 0.546 e. The lowest BCUT2D eigenvalue weighted by Crippen LogP contribution is -2.54. The smallest absolute Gasteiger partial charge is 0.270 e. The van der Waals surface area contributed by atoms with E-state index in [0.29, 0.717) is 17.0 Å². The molecule has 1 N–H and O–H groups in total. The number of anilines is 1. The van der Waals surface area contributed by atoms with Crippen LogP contribution < -0.4 is 20.1 Å². The fourth-order valence-corrected chi connectivity index (χ4v) is 2.81. The third-order valence-corrected chi connectivity index (χ3v) is 4.24. The van der Waals surface area contributed by atoms with Crippen molar-refractivity contribution in [3.8, 4) is 5.75 Å². The number of carboxylic acid groups (broad SMARTS) is 1. The molecule has 1 aliphatic heterocycles. The van der Waals surface area contributed by atoms with Crippen LogP contribution in [0.15, 0.2) is 60.2 Å². The van der Waals surface area contributed by atoms with E-state index in [1.54, 1.807) is 42.5 Å². The highest BCUT2D eigenvalue weighted by Gasteiger charge is 2.34. The summed E-state index contributed by atoms with van der Waals surface area (Å²) in [6.45, 7) is 1.36. The lowest BCUT2D eigenvalue weighted by atomic mass is 10.1. The van der Waals surface area contributed by atoms with Crippen LogP contribution in [0.4, 0.5) is 5.69 Å². The minimum Gasteiger partial charge on any atom is -0.546 e. The standard InChI is InChI=1S/C20H16N2O5S/c1-12(19(25)26)27-15-9-7-13(8-10-15)11-16-17(23)21-20(28)22(18(16)24)14-5-3-2-4-6-14/h2-12H,1H3,(H,25,26)(H,21,23,28)/p-1/b16-11-/t12-/m0/s1. The molecular weight excluding hydrogens is 380 g/mol. The molecule has 142 valence electrons. The minimum absolute atomic E-state index is 0.0124. The van der Waals surface area contributed by atoms with E-state index in [4.69, 9.17) is 17.0 Å². The lowest BCUT2D eigenvalue weighted by molar-refractivity contribution is -0.312. The number of nitrogens with zero attached hydrogens (tertiary/aromatic N) is 1. The maximum absolute atomic E-state index is 12.9. The second-order valence-electron chi connectivity index (χ2n) is 5.94. The van der Waals surface area contributed by atoms with Gasteiger partial charge in [0.25, 0.3) is 11.8 Å². The molecular formula is C20H15N2O5S-. The molecule has 0 unspecified atom stereocenters. The molecule has 1 heterocycles. The van der Waals surface area contributed by atoms with Crippen LogP contribution in [-0.2, 0) is 14.4 Å². The minimum atomic E-state index is -1.33. The SMILES string of the molecule is C[C@H](Oc1ccc(/C=C2/C(=O)NC(=S)N(c3ccccc3)C2=O)cc1)C(=O)[O-]. The van der Waals surface area contributed by atoms with Crippen molar-refractivity contribution in [1.29, 1.82) is 0 Å². The Hall–Kier alpha value is -3.52. The third kappa shape index (κ3) is 4.07. The first-order valence-electron chi connectivity index (χ1n) is 8.31. The Labute approximate surface area is 166 Å². The average molecular weight is 395 g/mol. The number of carbonyl (C=O) groups is 3. The molecule has 0 spiro atoms. The first-order valence-corrected chi connectivity index (χ1v) is 8.71. The van der Waals surface area contributed by atoms with Crippen molar-refractivity contribution in [1.82, 2.24) is 5.32 Å². The lowest BCUT2D eigenvalue weighted by Gasteiger charge is -2.28. The van der Waals surface area contributed by atoms with Crippen LogP contribution in [0, 0.1) is 0 Å². The van der Waals surface area contributed by atoms with Crippen molar-refractivity contribution < 1.29 is 24.2 Å². The van der Waals surface area contributed by atoms with E-state index in [9.17, 15) is 19.5 Å². The van der Waals surface area contributed by atoms with Gasteiger partial charge >= 0.3 is 0 Å². The van der Waals surface area contributed by atoms with Gasteiger partial charge in [-0.05, 0) is 55.0 Å². The molecule has 3 rings (SSSR count). The first kappa shape index (κ1) is 19.2. The molecule has 0 radical (unpaired) electrons. The average Bonchev–Trinajstić information content (AvgIpc) is 2.67. The third-order valence-electron chi connectivity index (χ3n) is 3.95. The number of para-hydroxylation sites is 1. The van der Waals surface area contributed by atoms with Gasteiger partial charge in [-0.25, -0.2) is 0 Å². The summed E-state index contributed by atoms with van der Waals surface area (Å²) in [7, 11) is 0. The molecule has 0 aromatic heterocycles. The summed E-state index contributed by atoms with van der Waals surface area (Å²) in [6, 6.07) is 15.0. The summed E-state index contributed by atoms with van der Waals surface area (Å²) in [5, 5.41) is 13.3. The molecule has 0 aliphatic carbocycles. The van der Waals surface area contributed by atoms with Gasteiger partial charge in [-0.1, -0.05) is 30.3 Å². The summed E-state index contributed by atoms with van der Waals surface area (Å²) >= 11 is 5.14. The number of carboxylic acids is 1. The van der Waals surface area contributed by atoms with Crippen LogP contribution >= 0.6 is 12.2 Å². The van der Waals surface area contributed by atoms with Gasteiger partial charge in [-0.2, -0.15) is 0 Å². The molecule has 8 heteroatoms. The van der Waals surface area contributed by atoms with E-state index in [1.165, 1.54) is 30.0 Å². The summed E-state index contributed by atoms with van der Waals surface area (Å²) in [4.78, 5) is 37.1. The van der Waals surface area contributed by atoms with Gasteiger partial charge in [0.1, 0.15) is 17.4 Å². The van der Waals surface area contributed by atoms with Crippen molar-refractivity contribution in [2.45, 2.75) is 13.0 Å². The van der Waals surface area contributed by atoms with Crippen LogP contribution in [-0.4, -0.2) is 29.0 Å². The molecule has 0 saturated carbocycles. The Morgan fingerprint density at radius 1 is 1.14 bits per heavy atom. The van der Waals surface area contributed by atoms with E-state index < -0.39 is 23.9 Å². The zero-order chi connectivity index (χ0) is 20.3. The Morgan fingerprint density at radius 3 is 2.39 bits per heavy atom. The maximum atomic E-state index is 12.9. The van der Waals surface area contributed by atoms with Gasteiger partial charge in [-0.15, -0.1) is 0 Å². The normalized spacial score (nSPS) is 16.7. The number of hydrogen-bond acceptors (Lipinski definition) is 6. The predicted octanol–water partition coefficient (Wildman–Crippen LogP) is 1.04. The van der Waals surface area contributed by atoms with E-state index in [2.05, 4.69) is 5.32 Å². The van der Waals surface area contributed by atoms with Crippen molar-refractivity contribution >= 4 is 46.9 Å². The van der Waals surface area contributed by atoms with Crippen LogP contribution in [0.2, 0.25) is 0 Å². The first-order chi connectivity index (χ1) is 13.4. The highest BCUT2D eigenvalue weighted by atomic mass is 32.1. The Bertz CT molecular complexity index is 970. The molecule has 1 aliphatic rings. The molecule has 1 saturated heterocycles. The fraction of sp³-hybridized carbons (Fsp3) is 0.100. The van der Waals surface area contributed by atoms with Crippen molar-refractivity contribution in [3.63, 3.8) is 0 Å². The Balaban J connectivity index is 1.86. The summed E-state index contributed by atoms with van der Waals surface area (Å²) in [5.74, 6) is -2.13. The quantitative estimate of drug-likeness (QED) is 0.461. The maximum Gasteiger partial charge on any atom is 0.270 e. The number of benzene rings is 2. The molecule has 0 bridgehead atoms. The fourth-order valence-electron chi connectivity index (χ4n) is 2.53. The number of aliphatic carboxylic acids is 1. The number of thiocarbonyl (C=S) groups is 1. The highest BCUT2D eigenvalue weighted by molar-refractivity contribution is 7.80. The molecule has 28 heavy (non-hydrogen) atoms. The van der Waals surface area contributed by atoms with Crippen LogP contribution in [0.1, 0.15) is 12.5 Å².